The number of nitrogens with two attached hydrogens (primary N) is 1. The Hall–Kier alpha value is -1.97. The second-order valence-electron chi connectivity index (χ2n) is 4.49. The molecule has 0 spiro atoms. The van der Waals surface area contributed by atoms with Crippen LogP contribution in [0.2, 0.25) is 0 Å². The summed E-state index contributed by atoms with van der Waals surface area (Å²) in [5.74, 6) is 1.88. The minimum atomic E-state index is 0.372. The van der Waals surface area contributed by atoms with Gasteiger partial charge in [-0.2, -0.15) is 5.10 Å². The molecule has 0 atom stereocenters. The topological polar surface area (TPSA) is 53.1 Å². The van der Waals surface area contributed by atoms with Crippen molar-refractivity contribution in [2.45, 2.75) is 26.7 Å². The number of ether oxygens (including phenoxy) is 1. The van der Waals surface area contributed by atoms with Gasteiger partial charge < -0.3 is 10.5 Å². The number of benzene rings is 1. The van der Waals surface area contributed by atoms with Crippen molar-refractivity contribution in [1.29, 1.82) is 0 Å². The summed E-state index contributed by atoms with van der Waals surface area (Å²) in [7, 11) is 0. The third-order valence-electron chi connectivity index (χ3n) is 2.74. The zero-order chi connectivity index (χ0) is 13.1. The molecule has 2 aromatic rings. The molecule has 0 saturated heterocycles. The molecule has 2 N–H and O–H groups in total. The highest BCUT2D eigenvalue weighted by molar-refractivity contribution is 5.45. The first-order chi connectivity index (χ1) is 8.61. The lowest BCUT2D eigenvalue weighted by Gasteiger charge is -2.06. The van der Waals surface area contributed by atoms with E-state index in [4.69, 9.17) is 10.5 Å². The molecule has 1 aromatic heterocycles. The van der Waals surface area contributed by atoms with Crippen LogP contribution in [0.25, 0.3) is 5.69 Å². The first kappa shape index (κ1) is 12.5. The third kappa shape index (κ3) is 2.47. The van der Waals surface area contributed by atoms with Crippen LogP contribution >= 0.6 is 0 Å². The van der Waals surface area contributed by atoms with Crippen molar-refractivity contribution in [2.24, 2.45) is 0 Å². The van der Waals surface area contributed by atoms with Crippen LogP contribution in [0, 0.1) is 0 Å². The van der Waals surface area contributed by atoms with E-state index in [0.29, 0.717) is 18.3 Å². The molecule has 0 unspecified atom stereocenters. The average molecular weight is 245 g/mol. The van der Waals surface area contributed by atoms with Gasteiger partial charge in [-0.15, -0.1) is 0 Å². The molecule has 0 aliphatic carbocycles. The SMILES string of the molecule is CCOc1ccc(-n2nc(C(C)C)cc2N)cc1. The molecular weight excluding hydrogens is 226 g/mol. The largest absolute Gasteiger partial charge is 0.494 e. The second kappa shape index (κ2) is 5.12. The van der Waals surface area contributed by atoms with E-state index in [2.05, 4.69) is 18.9 Å². The fourth-order valence-corrected chi connectivity index (χ4v) is 1.75. The Kier molecular flexibility index (Phi) is 3.55. The van der Waals surface area contributed by atoms with E-state index in [1.54, 1.807) is 4.68 Å². The van der Waals surface area contributed by atoms with E-state index in [9.17, 15) is 0 Å². The second-order valence-corrected chi connectivity index (χ2v) is 4.49. The van der Waals surface area contributed by atoms with E-state index < -0.39 is 0 Å². The first-order valence-electron chi connectivity index (χ1n) is 6.20. The minimum absolute atomic E-state index is 0.372. The molecule has 0 amide bonds. The first-order valence-corrected chi connectivity index (χ1v) is 6.20. The van der Waals surface area contributed by atoms with Crippen molar-refractivity contribution >= 4 is 5.82 Å². The Morgan fingerprint density at radius 2 is 1.94 bits per heavy atom. The van der Waals surface area contributed by atoms with E-state index >= 15 is 0 Å². The normalized spacial score (nSPS) is 10.9. The quantitative estimate of drug-likeness (QED) is 0.901. The lowest BCUT2D eigenvalue weighted by Crippen LogP contribution is -2.02. The molecule has 1 aromatic carbocycles. The maximum atomic E-state index is 5.98. The zero-order valence-corrected chi connectivity index (χ0v) is 11.1. The Bertz CT molecular complexity index is 514. The molecule has 0 radical (unpaired) electrons. The molecule has 0 saturated carbocycles. The fraction of sp³-hybridized carbons (Fsp3) is 0.357. The summed E-state index contributed by atoms with van der Waals surface area (Å²) in [6.45, 7) is 6.84. The molecule has 0 bridgehead atoms. The Morgan fingerprint density at radius 3 is 2.44 bits per heavy atom. The summed E-state index contributed by atoms with van der Waals surface area (Å²) in [5, 5.41) is 4.51. The van der Waals surface area contributed by atoms with Gasteiger partial charge in [0, 0.05) is 6.07 Å². The molecule has 0 aliphatic rings. The summed E-state index contributed by atoms with van der Waals surface area (Å²) in [5.41, 5.74) is 7.93. The number of nitrogens with zero attached hydrogens (tertiary/aromatic N) is 2. The molecule has 1 heterocycles. The Labute approximate surface area is 107 Å². The molecule has 4 heteroatoms. The van der Waals surface area contributed by atoms with Gasteiger partial charge in [0.05, 0.1) is 18.0 Å². The van der Waals surface area contributed by atoms with Crippen molar-refractivity contribution in [3.63, 3.8) is 0 Å². The Morgan fingerprint density at radius 1 is 1.28 bits per heavy atom. The van der Waals surface area contributed by atoms with E-state index in [0.717, 1.165) is 17.1 Å². The van der Waals surface area contributed by atoms with Crippen LogP contribution in [0.3, 0.4) is 0 Å². The van der Waals surface area contributed by atoms with Crippen LogP contribution in [-0.4, -0.2) is 16.4 Å². The van der Waals surface area contributed by atoms with Crippen molar-refractivity contribution in [3.8, 4) is 11.4 Å². The van der Waals surface area contributed by atoms with Gasteiger partial charge in [-0.3, -0.25) is 0 Å². The summed E-state index contributed by atoms with van der Waals surface area (Å²) < 4.78 is 7.16. The Balaban J connectivity index is 2.30. The highest BCUT2D eigenvalue weighted by atomic mass is 16.5. The van der Waals surface area contributed by atoms with Crippen molar-refractivity contribution < 1.29 is 4.74 Å². The van der Waals surface area contributed by atoms with Gasteiger partial charge in [-0.25, -0.2) is 4.68 Å². The van der Waals surface area contributed by atoms with E-state index in [1.807, 2.05) is 37.3 Å². The number of hydrogen-bond acceptors (Lipinski definition) is 3. The van der Waals surface area contributed by atoms with Gasteiger partial charge in [-0.05, 0) is 37.1 Å². The van der Waals surface area contributed by atoms with Crippen LogP contribution in [0.15, 0.2) is 30.3 Å². The van der Waals surface area contributed by atoms with Crippen molar-refractivity contribution in [3.05, 3.63) is 36.0 Å². The molecule has 2 rings (SSSR count). The van der Waals surface area contributed by atoms with Crippen molar-refractivity contribution in [2.75, 3.05) is 12.3 Å². The van der Waals surface area contributed by atoms with E-state index in [1.165, 1.54) is 0 Å². The van der Waals surface area contributed by atoms with Gasteiger partial charge in [-0.1, -0.05) is 13.8 Å². The lowest BCUT2D eigenvalue weighted by molar-refractivity contribution is 0.340. The highest BCUT2D eigenvalue weighted by Gasteiger charge is 2.09. The van der Waals surface area contributed by atoms with Crippen LogP contribution in [-0.2, 0) is 0 Å². The predicted octanol–water partition coefficient (Wildman–Crippen LogP) is 2.98. The number of aromatic nitrogens is 2. The number of anilines is 1. The highest BCUT2D eigenvalue weighted by Crippen LogP contribution is 2.21. The van der Waals surface area contributed by atoms with Gasteiger partial charge in [0.1, 0.15) is 11.6 Å². The summed E-state index contributed by atoms with van der Waals surface area (Å²) in [6.07, 6.45) is 0. The van der Waals surface area contributed by atoms with Gasteiger partial charge >= 0.3 is 0 Å². The summed E-state index contributed by atoms with van der Waals surface area (Å²) >= 11 is 0. The molecule has 4 nitrogen and oxygen atoms in total. The van der Waals surface area contributed by atoms with Gasteiger partial charge in [0.15, 0.2) is 0 Å². The average Bonchev–Trinajstić information content (AvgIpc) is 2.73. The lowest BCUT2D eigenvalue weighted by atomic mass is 10.1. The third-order valence-corrected chi connectivity index (χ3v) is 2.74. The van der Waals surface area contributed by atoms with Crippen LogP contribution < -0.4 is 10.5 Å². The predicted molar refractivity (Wildman–Crippen MR) is 73.2 cm³/mol. The van der Waals surface area contributed by atoms with Crippen molar-refractivity contribution in [1.82, 2.24) is 9.78 Å². The van der Waals surface area contributed by atoms with Crippen LogP contribution in [0.1, 0.15) is 32.4 Å². The minimum Gasteiger partial charge on any atom is -0.494 e. The van der Waals surface area contributed by atoms with Gasteiger partial charge in [0.25, 0.3) is 0 Å². The molecule has 0 aliphatic heterocycles. The van der Waals surface area contributed by atoms with Crippen LogP contribution in [0.4, 0.5) is 5.82 Å². The zero-order valence-electron chi connectivity index (χ0n) is 11.1. The summed E-state index contributed by atoms with van der Waals surface area (Å²) in [4.78, 5) is 0. The molecular formula is C14H19N3O. The maximum absolute atomic E-state index is 5.98. The number of hydrogen-bond donors (Lipinski definition) is 1. The molecule has 0 fully saturated rings. The number of nitrogen functional groups attached to an aromatic ring is 1. The monoisotopic (exact) mass is 245 g/mol. The van der Waals surface area contributed by atoms with Gasteiger partial charge in [0.2, 0.25) is 0 Å². The fourth-order valence-electron chi connectivity index (χ4n) is 1.75. The molecule has 18 heavy (non-hydrogen) atoms. The number of rotatable bonds is 4. The summed E-state index contributed by atoms with van der Waals surface area (Å²) in [6, 6.07) is 9.68. The molecule has 96 valence electrons. The smallest absolute Gasteiger partial charge is 0.127 e. The van der Waals surface area contributed by atoms with E-state index in [-0.39, 0.29) is 0 Å². The van der Waals surface area contributed by atoms with Crippen LogP contribution in [0.5, 0.6) is 5.75 Å². The maximum Gasteiger partial charge on any atom is 0.127 e. The standard InChI is InChI=1S/C14H19N3O/c1-4-18-12-7-5-11(6-8-12)17-14(15)9-13(16-17)10(2)3/h5-10H,4,15H2,1-3H3.